The molecule has 0 aliphatic carbocycles. The Kier molecular flexibility index (Phi) is 7.90. The van der Waals surface area contributed by atoms with Crippen LogP contribution in [-0.4, -0.2) is 73.2 Å². The Morgan fingerprint density at radius 2 is 1.84 bits per heavy atom. The van der Waals surface area contributed by atoms with E-state index in [0.29, 0.717) is 11.7 Å². The molecule has 0 bridgehead atoms. The van der Waals surface area contributed by atoms with Crippen molar-refractivity contribution >= 4 is 35.3 Å². The first kappa shape index (κ1) is 23.1. The number of para-hydroxylation sites is 1. The van der Waals surface area contributed by atoms with E-state index in [1.54, 1.807) is 6.08 Å². The van der Waals surface area contributed by atoms with Gasteiger partial charge in [0.25, 0.3) is 0 Å². The van der Waals surface area contributed by atoms with Crippen LogP contribution in [0.2, 0.25) is 0 Å². The van der Waals surface area contributed by atoms with Gasteiger partial charge < -0.3 is 24.6 Å². The summed E-state index contributed by atoms with van der Waals surface area (Å²) in [6.07, 6.45) is 6.44. The van der Waals surface area contributed by atoms with Crippen molar-refractivity contribution in [2.45, 2.75) is 26.2 Å². The highest BCUT2D eigenvalue weighted by molar-refractivity contribution is 7.80. The number of rotatable bonds is 6. The zero-order valence-electron chi connectivity index (χ0n) is 18.3. The standard InChI is InChI=1S/C23H31N3O4S/c1-3-30-19-7-5-4-6-18(19)8-9-20(27)25-13-10-23(11-14-25)12-15-26(17-23)22(31)24-16-21(28)29-2/h4-9H,3,10-17H2,1-2H3,(H,24,31). The zero-order chi connectivity index (χ0) is 22.3. The number of ether oxygens (including phenoxy) is 2. The molecule has 0 saturated carbocycles. The van der Waals surface area contributed by atoms with Gasteiger partial charge in [-0.1, -0.05) is 18.2 Å². The van der Waals surface area contributed by atoms with Crippen molar-refractivity contribution in [2.24, 2.45) is 5.41 Å². The minimum atomic E-state index is -0.333. The maximum absolute atomic E-state index is 12.7. The van der Waals surface area contributed by atoms with E-state index in [1.807, 2.05) is 42.2 Å². The van der Waals surface area contributed by atoms with Crippen LogP contribution in [0.3, 0.4) is 0 Å². The molecule has 31 heavy (non-hydrogen) atoms. The Hall–Kier alpha value is -2.61. The topological polar surface area (TPSA) is 71.1 Å². The van der Waals surface area contributed by atoms with Crippen LogP contribution >= 0.6 is 12.2 Å². The summed E-state index contributed by atoms with van der Waals surface area (Å²) in [6.45, 7) is 5.83. The molecule has 7 nitrogen and oxygen atoms in total. The molecule has 8 heteroatoms. The summed E-state index contributed by atoms with van der Waals surface area (Å²) in [5.41, 5.74) is 1.09. The fourth-order valence-electron chi connectivity index (χ4n) is 4.22. The van der Waals surface area contributed by atoms with Crippen LogP contribution in [0, 0.1) is 5.41 Å². The summed E-state index contributed by atoms with van der Waals surface area (Å²) in [5, 5.41) is 3.56. The van der Waals surface area contributed by atoms with E-state index in [-0.39, 0.29) is 23.8 Å². The summed E-state index contributed by atoms with van der Waals surface area (Å²) in [7, 11) is 1.36. The minimum Gasteiger partial charge on any atom is -0.493 e. The lowest BCUT2D eigenvalue weighted by Crippen LogP contribution is -2.46. The molecule has 1 amide bonds. The smallest absolute Gasteiger partial charge is 0.325 e. The van der Waals surface area contributed by atoms with Crippen molar-refractivity contribution in [3.8, 4) is 5.75 Å². The lowest BCUT2D eigenvalue weighted by atomic mass is 9.78. The third-order valence-corrected chi connectivity index (χ3v) is 6.50. The summed E-state index contributed by atoms with van der Waals surface area (Å²) in [6, 6.07) is 7.72. The van der Waals surface area contributed by atoms with Crippen LogP contribution in [0.25, 0.3) is 6.08 Å². The van der Waals surface area contributed by atoms with E-state index in [1.165, 1.54) is 7.11 Å². The van der Waals surface area contributed by atoms with E-state index in [2.05, 4.69) is 15.0 Å². The van der Waals surface area contributed by atoms with Crippen molar-refractivity contribution in [3.63, 3.8) is 0 Å². The van der Waals surface area contributed by atoms with Gasteiger partial charge in [0.15, 0.2) is 5.11 Å². The third-order valence-electron chi connectivity index (χ3n) is 6.10. The van der Waals surface area contributed by atoms with E-state index >= 15 is 0 Å². The number of amides is 1. The summed E-state index contributed by atoms with van der Waals surface area (Å²) in [4.78, 5) is 28.1. The van der Waals surface area contributed by atoms with E-state index in [9.17, 15) is 9.59 Å². The molecule has 0 radical (unpaired) electrons. The van der Waals surface area contributed by atoms with Crippen LogP contribution < -0.4 is 10.1 Å². The van der Waals surface area contributed by atoms with Crippen molar-refractivity contribution in [1.29, 1.82) is 0 Å². The fourth-order valence-corrected chi connectivity index (χ4v) is 4.45. The Morgan fingerprint density at radius 3 is 2.52 bits per heavy atom. The van der Waals surface area contributed by atoms with Gasteiger partial charge in [-0.25, -0.2) is 0 Å². The van der Waals surface area contributed by atoms with Gasteiger partial charge in [-0.2, -0.15) is 0 Å². The molecular weight excluding hydrogens is 414 g/mol. The molecular formula is C23H31N3O4S. The normalized spacial score (nSPS) is 17.7. The van der Waals surface area contributed by atoms with Crippen molar-refractivity contribution < 1.29 is 19.1 Å². The van der Waals surface area contributed by atoms with Crippen molar-refractivity contribution in [1.82, 2.24) is 15.1 Å². The Balaban J connectivity index is 1.50. The predicted octanol–water partition coefficient (Wildman–Crippen LogP) is 2.46. The number of esters is 1. The molecule has 3 rings (SSSR count). The second-order valence-electron chi connectivity index (χ2n) is 8.04. The highest BCUT2D eigenvalue weighted by Gasteiger charge is 2.41. The molecule has 2 heterocycles. The van der Waals surface area contributed by atoms with Crippen LogP contribution in [0.4, 0.5) is 0 Å². The molecule has 0 unspecified atom stereocenters. The first-order chi connectivity index (χ1) is 15.0. The number of nitrogens with zero attached hydrogens (tertiary/aromatic N) is 2. The van der Waals surface area contributed by atoms with Crippen molar-refractivity contribution in [2.75, 3.05) is 46.4 Å². The van der Waals surface area contributed by atoms with Gasteiger partial charge in [0.05, 0.1) is 13.7 Å². The molecule has 168 valence electrons. The molecule has 2 saturated heterocycles. The highest BCUT2D eigenvalue weighted by Crippen LogP contribution is 2.40. The number of benzene rings is 1. The first-order valence-electron chi connectivity index (χ1n) is 10.7. The number of hydrogen-bond donors (Lipinski definition) is 1. The second kappa shape index (κ2) is 10.6. The Bertz CT molecular complexity index is 834. The van der Waals surface area contributed by atoms with Crippen LogP contribution in [0.15, 0.2) is 30.3 Å². The maximum atomic E-state index is 12.7. The first-order valence-corrected chi connectivity index (χ1v) is 11.2. The van der Waals surface area contributed by atoms with Crippen molar-refractivity contribution in [3.05, 3.63) is 35.9 Å². The van der Waals surface area contributed by atoms with Gasteiger partial charge >= 0.3 is 5.97 Å². The monoisotopic (exact) mass is 445 g/mol. The van der Waals surface area contributed by atoms with E-state index < -0.39 is 0 Å². The number of carbonyl (C=O) groups excluding carboxylic acids is 2. The number of likely N-dealkylation sites (tertiary alicyclic amines) is 2. The molecule has 1 aromatic rings. The molecule has 0 atom stereocenters. The number of carbonyl (C=O) groups is 2. The summed E-state index contributed by atoms with van der Waals surface area (Å²) < 4.78 is 10.3. The molecule has 2 aliphatic heterocycles. The van der Waals surface area contributed by atoms with Crippen LogP contribution in [0.5, 0.6) is 5.75 Å². The molecule has 0 aromatic heterocycles. The predicted molar refractivity (Wildman–Crippen MR) is 124 cm³/mol. The summed E-state index contributed by atoms with van der Waals surface area (Å²) >= 11 is 5.43. The summed E-state index contributed by atoms with van der Waals surface area (Å²) in [5.74, 6) is 0.487. The lowest BCUT2D eigenvalue weighted by molar-refractivity contribution is -0.139. The molecule has 1 N–H and O–H groups in total. The fraction of sp³-hybridized carbons (Fsp3) is 0.522. The van der Waals surface area contributed by atoms with Crippen LogP contribution in [0.1, 0.15) is 31.7 Å². The largest absolute Gasteiger partial charge is 0.493 e. The number of thiocarbonyl (C=S) groups is 1. The van der Waals surface area contributed by atoms with Gasteiger partial charge in [0.2, 0.25) is 5.91 Å². The van der Waals surface area contributed by atoms with E-state index in [0.717, 1.165) is 56.8 Å². The Labute approximate surface area is 189 Å². The number of nitrogens with one attached hydrogen (secondary N) is 1. The average molecular weight is 446 g/mol. The van der Waals surface area contributed by atoms with Gasteiger partial charge in [-0.3, -0.25) is 9.59 Å². The lowest BCUT2D eigenvalue weighted by Gasteiger charge is -2.39. The van der Waals surface area contributed by atoms with Gasteiger partial charge in [0.1, 0.15) is 12.3 Å². The molecule has 1 aromatic carbocycles. The molecule has 2 fully saturated rings. The quantitative estimate of drug-likeness (QED) is 0.410. The average Bonchev–Trinajstić information content (AvgIpc) is 3.20. The second-order valence-corrected chi connectivity index (χ2v) is 8.42. The number of hydrogen-bond acceptors (Lipinski definition) is 5. The van der Waals surface area contributed by atoms with E-state index in [4.69, 9.17) is 17.0 Å². The molecule has 2 aliphatic rings. The number of methoxy groups -OCH3 is 1. The zero-order valence-corrected chi connectivity index (χ0v) is 19.1. The minimum absolute atomic E-state index is 0.0336. The third kappa shape index (κ3) is 5.97. The number of piperidine rings is 1. The van der Waals surface area contributed by atoms with Crippen LogP contribution in [-0.2, 0) is 14.3 Å². The SMILES string of the molecule is CCOc1ccccc1C=CC(=O)N1CCC2(CC1)CCN(C(=S)NCC(=O)OC)C2. The maximum Gasteiger partial charge on any atom is 0.325 e. The highest BCUT2D eigenvalue weighted by atomic mass is 32.1. The van der Waals surface area contributed by atoms with Gasteiger partial charge in [-0.05, 0) is 56.0 Å². The van der Waals surface area contributed by atoms with Gasteiger partial charge in [0, 0.05) is 37.8 Å². The van der Waals surface area contributed by atoms with Gasteiger partial charge in [-0.15, -0.1) is 0 Å². The Morgan fingerprint density at radius 1 is 1.16 bits per heavy atom. The molecule has 1 spiro atoms.